The molecule has 3 nitrogen and oxygen atoms in total. The first-order chi connectivity index (χ1) is 9.58. The van der Waals surface area contributed by atoms with Crippen LogP contribution in [-0.4, -0.2) is 6.03 Å². The average Bonchev–Trinajstić information content (AvgIpc) is 2.94. The van der Waals surface area contributed by atoms with E-state index >= 15 is 0 Å². The molecular formula is C15H18Cl2N2O. The summed E-state index contributed by atoms with van der Waals surface area (Å²) in [6.07, 6.45) is 6.74. The van der Waals surface area contributed by atoms with Crippen molar-refractivity contribution in [1.82, 2.24) is 5.32 Å². The summed E-state index contributed by atoms with van der Waals surface area (Å²) in [6, 6.07) is 4.76. The first kappa shape index (κ1) is 15.2. The van der Waals surface area contributed by atoms with Crippen molar-refractivity contribution in [1.29, 1.82) is 0 Å². The minimum Gasteiger partial charge on any atom is -0.314 e. The SMILES string of the molecule is C/C(=C\NC(=O)Nc1c(Cl)cccc1Cl)C1CCCC1. The van der Waals surface area contributed by atoms with Crippen LogP contribution in [0.5, 0.6) is 0 Å². The van der Waals surface area contributed by atoms with E-state index in [2.05, 4.69) is 17.6 Å². The fourth-order valence-electron chi connectivity index (χ4n) is 2.45. The van der Waals surface area contributed by atoms with Gasteiger partial charge in [-0.05, 0) is 37.8 Å². The van der Waals surface area contributed by atoms with Gasteiger partial charge in [0.15, 0.2) is 0 Å². The zero-order valence-electron chi connectivity index (χ0n) is 11.4. The smallest absolute Gasteiger partial charge is 0.314 e. The Morgan fingerprint density at radius 3 is 2.45 bits per heavy atom. The molecule has 2 rings (SSSR count). The van der Waals surface area contributed by atoms with E-state index in [4.69, 9.17) is 23.2 Å². The van der Waals surface area contributed by atoms with Crippen molar-refractivity contribution in [2.24, 2.45) is 5.92 Å². The molecule has 0 atom stereocenters. The second kappa shape index (κ2) is 7.00. The van der Waals surface area contributed by atoms with Crippen LogP contribution in [0.4, 0.5) is 10.5 Å². The molecule has 20 heavy (non-hydrogen) atoms. The summed E-state index contributed by atoms with van der Waals surface area (Å²) in [5.41, 5.74) is 1.64. The van der Waals surface area contributed by atoms with E-state index in [1.54, 1.807) is 24.4 Å². The van der Waals surface area contributed by atoms with Gasteiger partial charge in [-0.3, -0.25) is 0 Å². The van der Waals surface area contributed by atoms with Gasteiger partial charge >= 0.3 is 6.03 Å². The molecular weight excluding hydrogens is 295 g/mol. The molecule has 0 unspecified atom stereocenters. The van der Waals surface area contributed by atoms with E-state index in [1.165, 1.54) is 31.3 Å². The van der Waals surface area contributed by atoms with Gasteiger partial charge in [0.2, 0.25) is 0 Å². The molecule has 0 spiro atoms. The molecule has 2 amide bonds. The number of hydrogen-bond acceptors (Lipinski definition) is 1. The molecule has 0 heterocycles. The number of carbonyl (C=O) groups excluding carboxylic acids is 1. The lowest BCUT2D eigenvalue weighted by Gasteiger charge is -2.11. The number of anilines is 1. The first-order valence-electron chi connectivity index (χ1n) is 6.76. The monoisotopic (exact) mass is 312 g/mol. The number of benzene rings is 1. The van der Waals surface area contributed by atoms with Gasteiger partial charge in [0.25, 0.3) is 0 Å². The Kier molecular flexibility index (Phi) is 5.32. The molecule has 1 fully saturated rings. The fraction of sp³-hybridized carbons (Fsp3) is 0.400. The zero-order chi connectivity index (χ0) is 14.5. The molecule has 0 radical (unpaired) electrons. The molecule has 2 N–H and O–H groups in total. The zero-order valence-corrected chi connectivity index (χ0v) is 12.9. The normalized spacial score (nSPS) is 16.2. The molecule has 0 aliphatic heterocycles. The van der Waals surface area contributed by atoms with Crippen molar-refractivity contribution in [3.05, 3.63) is 40.0 Å². The molecule has 1 saturated carbocycles. The summed E-state index contributed by atoms with van der Waals surface area (Å²) < 4.78 is 0. The number of para-hydroxylation sites is 1. The Morgan fingerprint density at radius 2 is 1.85 bits per heavy atom. The van der Waals surface area contributed by atoms with Crippen LogP contribution in [0.25, 0.3) is 0 Å². The van der Waals surface area contributed by atoms with Crippen molar-refractivity contribution < 1.29 is 4.79 Å². The van der Waals surface area contributed by atoms with Crippen molar-refractivity contribution in [3.63, 3.8) is 0 Å². The summed E-state index contributed by atoms with van der Waals surface area (Å²) in [5, 5.41) is 6.24. The van der Waals surface area contributed by atoms with Gasteiger partial charge in [-0.25, -0.2) is 4.79 Å². The fourth-order valence-corrected chi connectivity index (χ4v) is 2.94. The standard InChI is InChI=1S/C15H18Cl2N2O/c1-10(11-5-2-3-6-11)9-18-15(20)19-14-12(16)7-4-8-13(14)17/h4,7-9,11H,2-3,5-6H2,1H3,(H2,18,19,20)/b10-9+. The highest BCUT2D eigenvalue weighted by Gasteiger charge is 2.16. The molecule has 108 valence electrons. The van der Waals surface area contributed by atoms with E-state index < -0.39 is 0 Å². The predicted molar refractivity (Wildman–Crippen MR) is 84.3 cm³/mol. The first-order valence-corrected chi connectivity index (χ1v) is 7.51. The number of amides is 2. The summed E-state index contributed by atoms with van der Waals surface area (Å²) in [4.78, 5) is 11.9. The lowest BCUT2D eigenvalue weighted by molar-refractivity contribution is 0.255. The summed E-state index contributed by atoms with van der Waals surface area (Å²) >= 11 is 12.0. The van der Waals surface area contributed by atoms with Crippen LogP contribution in [-0.2, 0) is 0 Å². The largest absolute Gasteiger partial charge is 0.323 e. The van der Waals surface area contributed by atoms with Gasteiger partial charge in [0.1, 0.15) is 0 Å². The van der Waals surface area contributed by atoms with Crippen LogP contribution in [0.1, 0.15) is 32.6 Å². The minimum atomic E-state index is -0.336. The molecule has 0 bridgehead atoms. The van der Waals surface area contributed by atoms with Gasteiger partial charge in [-0.15, -0.1) is 0 Å². The van der Waals surface area contributed by atoms with E-state index in [0.717, 1.165) is 0 Å². The number of rotatable bonds is 3. The molecule has 1 aliphatic rings. The topological polar surface area (TPSA) is 41.1 Å². The maximum Gasteiger partial charge on any atom is 0.323 e. The summed E-state index contributed by atoms with van der Waals surface area (Å²) in [5.74, 6) is 0.596. The van der Waals surface area contributed by atoms with Crippen molar-refractivity contribution in [2.45, 2.75) is 32.6 Å². The van der Waals surface area contributed by atoms with E-state index in [9.17, 15) is 4.79 Å². The third kappa shape index (κ3) is 3.90. The molecule has 1 aliphatic carbocycles. The molecule has 0 aromatic heterocycles. The summed E-state index contributed by atoms with van der Waals surface area (Å²) in [6.45, 7) is 2.05. The van der Waals surface area contributed by atoms with Crippen LogP contribution in [0.15, 0.2) is 30.0 Å². The van der Waals surface area contributed by atoms with Crippen molar-refractivity contribution in [2.75, 3.05) is 5.32 Å². The Bertz CT molecular complexity index is 502. The molecule has 1 aromatic carbocycles. The van der Waals surface area contributed by atoms with Gasteiger partial charge in [-0.2, -0.15) is 0 Å². The van der Waals surface area contributed by atoms with Crippen LogP contribution >= 0.6 is 23.2 Å². The van der Waals surface area contributed by atoms with Crippen LogP contribution in [0.2, 0.25) is 10.0 Å². The van der Waals surface area contributed by atoms with E-state index in [-0.39, 0.29) is 6.03 Å². The number of carbonyl (C=O) groups is 1. The maximum absolute atomic E-state index is 11.9. The Balaban J connectivity index is 1.94. The van der Waals surface area contributed by atoms with Gasteiger partial charge < -0.3 is 10.6 Å². The lowest BCUT2D eigenvalue weighted by atomic mass is 10.0. The highest BCUT2D eigenvalue weighted by atomic mass is 35.5. The van der Waals surface area contributed by atoms with Gasteiger partial charge in [0, 0.05) is 6.20 Å². The number of allylic oxidation sites excluding steroid dienone is 1. The highest BCUT2D eigenvalue weighted by molar-refractivity contribution is 6.39. The van der Waals surface area contributed by atoms with Gasteiger partial charge in [0.05, 0.1) is 15.7 Å². The Hall–Kier alpha value is -1.19. The molecule has 5 heteroatoms. The number of nitrogens with one attached hydrogen (secondary N) is 2. The highest BCUT2D eigenvalue weighted by Crippen LogP contribution is 2.31. The quantitative estimate of drug-likeness (QED) is 0.790. The van der Waals surface area contributed by atoms with Crippen LogP contribution in [0, 0.1) is 5.92 Å². The molecule has 1 aromatic rings. The summed E-state index contributed by atoms with van der Waals surface area (Å²) in [7, 11) is 0. The van der Waals surface area contributed by atoms with Crippen LogP contribution < -0.4 is 10.6 Å². The van der Waals surface area contributed by atoms with Gasteiger partial charge in [-0.1, -0.05) is 47.7 Å². The van der Waals surface area contributed by atoms with E-state index in [1.807, 2.05) is 0 Å². The van der Waals surface area contributed by atoms with Crippen molar-refractivity contribution >= 4 is 34.9 Å². The number of hydrogen-bond donors (Lipinski definition) is 2. The Morgan fingerprint density at radius 1 is 1.25 bits per heavy atom. The predicted octanol–water partition coefficient (Wildman–Crippen LogP) is 5.21. The van der Waals surface area contributed by atoms with Crippen molar-refractivity contribution in [3.8, 4) is 0 Å². The second-order valence-electron chi connectivity index (χ2n) is 5.06. The third-order valence-electron chi connectivity index (χ3n) is 3.63. The Labute approximate surface area is 129 Å². The lowest BCUT2D eigenvalue weighted by Crippen LogP contribution is -2.25. The number of halogens is 2. The minimum absolute atomic E-state index is 0.336. The van der Waals surface area contributed by atoms with Crippen LogP contribution in [0.3, 0.4) is 0 Å². The average molecular weight is 313 g/mol. The van der Waals surface area contributed by atoms with E-state index in [0.29, 0.717) is 21.7 Å². The number of urea groups is 1. The molecule has 0 saturated heterocycles. The maximum atomic E-state index is 11.9. The third-order valence-corrected chi connectivity index (χ3v) is 4.26. The second-order valence-corrected chi connectivity index (χ2v) is 5.88.